The molecule has 0 spiro atoms. The van der Waals surface area contributed by atoms with Crippen molar-refractivity contribution in [3.05, 3.63) is 35.3 Å². The topological polar surface area (TPSA) is 63.2 Å². The van der Waals surface area contributed by atoms with Crippen molar-refractivity contribution in [3.8, 4) is 16.3 Å². The lowest BCUT2D eigenvalue weighted by Gasteiger charge is -2.10. The Morgan fingerprint density at radius 2 is 2.09 bits per heavy atom. The largest absolute Gasteiger partial charge is 0.494 e. The average molecular weight is 333 g/mol. The summed E-state index contributed by atoms with van der Waals surface area (Å²) in [5.74, 6) is 0.849. The van der Waals surface area contributed by atoms with Gasteiger partial charge in [-0.2, -0.15) is 0 Å². The Labute approximate surface area is 141 Å². The molecule has 23 heavy (non-hydrogen) atoms. The van der Waals surface area contributed by atoms with Gasteiger partial charge in [-0.25, -0.2) is 4.98 Å². The van der Waals surface area contributed by atoms with Gasteiger partial charge in [-0.05, 0) is 45.2 Å². The SMILES string of the molecule is CCOc1ccc(-c2nc(CC(=O)NCC(C)NC)cs2)cc1. The van der Waals surface area contributed by atoms with Crippen molar-refractivity contribution in [1.82, 2.24) is 15.6 Å². The summed E-state index contributed by atoms with van der Waals surface area (Å²) in [6.45, 7) is 5.25. The van der Waals surface area contributed by atoms with E-state index in [4.69, 9.17) is 4.74 Å². The number of thiazole rings is 1. The van der Waals surface area contributed by atoms with E-state index in [0.717, 1.165) is 22.0 Å². The Morgan fingerprint density at radius 3 is 2.74 bits per heavy atom. The van der Waals surface area contributed by atoms with E-state index in [9.17, 15) is 4.79 Å². The normalized spacial score (nSPS) is 12.0. The van der Waals surface area contributed by atoms with Gasteiger partial charge in [0.2, 0.25) is 5.91 Å². The van der Waals surface area contributed by atoms with Crippen molar-refractivity contribution in [2.45, 2.75) is 26.3 Å². The molecule has 0 aliphatic heterocycles. The molecule has 1 aromatic heterocycles. The van der Waals surface area contributed by atoms with E-state index in [2.05, 4.69) is 15.6 Å². The van der Waals surface area contributed by atoms with Crippen LogP contribution in [0.2, 0.25) is 0 Å². The number of carbonyl (C=O) groups is 1. The van der Waals surface area contributed by atoms with Crippen molar-refractivity contribution in [2.75, 3.05) is 20.2 Å². The summed E-state index contributed by atoms with van der Waals surface area (Å²) in [4.78, 5) is 16.4. The minimum atomic E-state index is -0.00403. The van der Waals surface area contributed by atoms with E-state index in [0.29, 0.717) is 19.6 Å². The molecule has 0 aliphatic rings. The number of rotatable bonds is 8. The summed E-state index contributed by atoms with van der Waals surface area (Å²) in [5, 5.41) is 8.84. The lowest BCUT2D eigenvalue weighted by molar-refractivity contribution is -0.120. The molecule has 0 bridgehead atoms. The van der Waals surface area contributed by atoms with Crippen LogP contribution in [0.25, 0.3) is 10.6 Å². The molecule has 1 heterocycles. The summed E-state index contributed by atoms with van der Waals surface area (Å²) in [6.07, 6.45) is 0.309. The zero-order valence-electron chi connectivity index (χ0n) is 13.8. The number of ether oxygens (including phenoxy) is 1. The van der Waals surface area contributed by atoms with E-state index >= 15 is 0 Å². The molecular weight excluding hydrogens is 310 g/mol. The predicted molar refractivity (Wildman–Crippen MR) is 94.0 cm³/mol. The first-order chi connectivity index (χ1) is 11.1. The van der Waals surface area contributed by atoms with E-state index in [1.165, 1.54) is 0 Å². The molecule has 6 heteroatoms. The van der Waals surface area contributed by atoms with Crippen LogP contribution in [0.1, 0.15) is 19.5 Å². The first kappa shape index (κ1) is 17.4. The molecule has 0 radical (unpaired) electrons. The second kappa shape index (κ2) is 8.64. The molecule has 2 aromatic rings. The van der Waals surface area contributed by atoms with Crippen LogP contribution in [-0.2, 0) is 11.2 Å². The second-order valence-corrected chi connectivity index (χ2v) is 6.13. The highest BCUT2D eigenvalue weighted by atomic mass is 32.1. The zero-order valence-corrected chi connectivity index (χ0v) is 14.6. The molecule has 2 rings (SSSR count). The second-order valence-electron chi connectivity index (χ2n) is 5.27. The van der Waals surface area contributed by atoms with Gasteiger partial charge in [-0.15, -0.1) is 11.3 Å². The molecule has 0 saturated heterocycles. The third-order valence-corrected chi connectivity index (χ3v) is 4.34. The lowest BCUT2D eigenvalue weighted by Crippen LogP contribution is -2.37. The fourth-order valence-electron chi connectivity index (χ4n) is 1.98. The van der Waals surface area contributed by atoms with E-state index in [-0.39, 0.29) is 11.9 Å². The molecule has 0 fully saturated rings. The summed E-state index contributed by atoms with van der Waals surface area (Å²) in [6, 6.07) is 8.11. The third-order valence-electron chi connectivity index (χ3n) is 3.40. The van der Waals surface area contributed by atoms with Gasteiger partial charge >= 0.3 is 0 Å². The maximum Gasteiger partial charge on any atom is 0.226 e. The Balaban J connectivity index is 1.93. The van der Waals surface area contributed by atoms with Gasteiger partial charge in [0.1, 0.15) is 10.8 Å². The number of hydrogen-bond acceptors (Lipinski definition) is 5. The Hall–Kier alpha value is -1.92. The summed E-state index contributed by atoms with van der Waals surface area (Å²) >= 11 is 1.55. The molecule has 1 aromatic carbocycles. The van der Waals surface area contributed by atoms with Gasteiger partial charge < -0.3 is 15.4 Å². The minimum absolute atomic E-state index is 0.00403. The number of likely N-dealkylation sites (N-methyl/N-ethyl adjacent to an activating group) is 1. The average Bonchev–Trinajstić information content (AvgIpc) is 3.02. The number of amides is 1. The monoisotopic (exact) mass is 333 g/mol. The predicted octanol–water partition coefficient (Wildman–Crippen LogP) is 2.48. The molecule has 2 N–H and O–H groups in total. The molecule has 124 valence electrons. The fraction of sp³-hybridized carbons (Fsp3) is 0.412. The van der Waals surface area contributed by atoms with Crippen LogP contribution >= 0.6 is 11.3 Å². The first-order valence-electron chi connectivity index (χ1n) is 7.74. The van der Waals surface area contributed by atoms with Crippen molar-refractivity contribution in [1.29, 1.82) is 0 Å². The van der Waals surface area contributed by atoms with Gasteiger partial charge in [0.25, 0.3) is 0 Å². The van der Waals surface area contributed by atoms with Crippen molar-refractivity contribution in [3.63, 3.8) is 0 Å². The van der Waals surface area contributed by atoms with Crippen LogP contribution in [-0.4, -0.2) is 37.1 Å². The Morgan fingerprint density at radius 1 is 1.35 bits per heavy atom. The highest BCUT2D eigenvalue weighted by Gasteiger charge is 2.10. The van der Waals surface area contributed by atoms with Crippen LogP contribution in [0.3, 0.4) is 0 Å². The summed E-state index contributed by atoms with van der Waals surface area (Å²) in [7, 11) is 1.88. The van der Waals surface area contributed by atoms with Crippen molar-refractivity contribution in [2.24, 2.45) is 0 Å². The lowest BCUT2D eigenvalue weighted by atomic mass is 10.2. The number of aromatic nitrogens is 1. The highest BCUT2D eigenvalue weighted by molar-refractivity contribution is 7.13. The van der Waals surface area contributed by atoms with Crippen molar-refractivity contribution < 1.29 is 9.53 Å². The first-order valence-corrected chi connectivity index (χ1v) is 8.62. The zero-order chi connectivity index (χ0) is 16.7. The van der Waals surface area contributed by atoms with Crippen LogP contribution in [0, 0.1) is 0 Å². The number of hydrogen-bond donors (Lipinski definition) is 2. The summed E-state index contributed by atoms with van der Waals surface area (Å²) in [5.41, 5.74) is 1.84. The van der Waals surface area contributed by atoms with E-state index in [1.807, 2.05) is 50.5 Å². The maximum absolute atomic E-state index is 11.9. The summed E-state index contributed by atoms with van der Waals surface area (Å²) < 4.78 is 5.43. The van der Waals surface area contributed by atoms with Crippen LogP contribution < -0.4 is 15.4 Å². The van der Waals surface area contributed by atoms with E-state index in [1.54, 1.807) is 11.3 Å². The van der Waals surface area contributed by atoms with Crippen LogP contribution in [0.15, 0.2) is 29.6 Å². The highest BCUT2D eigenvalue weighted by Crippen LogP contribution is 2.25. The van der Waals surface area contributed by atoms with Crippen molar-refractivity contribution >= 4 is 17.2 Å². The van der Waals surface area contributed by atoms with Crippen LogP contribution in [0.4, 0.5) is 0 Å². The molecule has 1 atom stereocenters. The molecule has 5 nitrogen and oxygen atoms in total. The Kier molecular flexibility index (Phi) is 6.55. The van der Waals surface area contributed by atoms with Gasteiger partial charge in [0.05, 0.1) is 18.7 Å². The van der Waals surface area contributed by atoms with Gasteiger partial charge in [-0.1, -0.05) is 0 Å². The quantitative estimate of drug-likeness (QED) is 0.779. The molecule has 0 saturated carbocycles. The third kappa shape index (κ3) is 5.33. The van der Waals surface area contributed by atoms with Gasteiger partial charge in [0, 0.05) is 23.5 Å². The standard InChI is InChI=1S/C17H23N3O2S/c1-4-22-15-7-5-13(6-8-15)17-20-14(11-23-17)9-16(21)19-10-12(2)18-3/h5-8,11-12,18H,4,9-10H2,1-3H3,(H,19,21). The number of nitrogens with zero attached hydrogens (tertiary/aromatic N) is 1. The Bertz CT molecular complexity index is 625. The maximum atomic E-state index is 11.9. The molecular formula is C17H23N3O2S. The molecule has 1 amide bonds. The number of benzene rings is 1. The fourth-order valence-corrected chi connectivity index (χ4v) is 2.80. The molecule has 0 aliphatic carbocycles. The minimum Gasteiger partial charge on any atom is -0.494 e. The molecule has 1 unspecified atom stereocenters. The van der Waals surface area contributed by atoms with Gasteiger partial charge in [-0.3, -0.25) is 4.79 Å². The van der Waals surface area contributed by atoms with Crippen LogP contribution in [0.5, 0.6) is 5.75 Å². The number of carbonyl (C=O) groups excluding carboxylic acids is 1. The number of nitrogens with one attached hydrogen (secondary N) is 2. The van der Waals surface area contributed by atoms with Gasteiger partial charge in [0.15, 0.2) is 0 Å². The smallest absolute Gasteiger partial charge is 0.226 e. The van der Waals surface area contributed by atoms with E-state index < -0.39 is 0 Å².